The zero-order valence-electron chi connectivity index (χ0n) is 10.6. The SMILES string of the molecule is CCCCC(CC)CN=C(N)NCCC. The molecule has 0 aromatic carbocycles. The molecule has 0 rings (SSSR count). The number of guanidine groups is 1. The molecule has 0 radical (unpaired) electrons. The van der Waals surface area contributed by atoms with E-state index < -0.39 is 0 Å². The first-order valence-corrected chi connectivity index (χ1v) is 6.28. The van der Waals surface area contributed by atoms with E-state index in [0.29, 0.717) is 11.9 Å². The maximum atomic E-state index is 5.73. The Labute approximate surface area is 94.5 Å². The fraction of sp³-hybridized carbons (Fsp3) is 0.917. The van der Waals surface area contributed by atoms with Gasteiger partial charge in [0.25, 0.3) is 0 Å². The number of hydrogen-bond donors (Lipinski definition) is 2. The van der Waals surface area contributed by atoms with E-state index >= 15 is 0 Å². The summed E-state index contributed by atoms with van der Waals surface area (Å²) in [6.07, 6.45) is 6.13. The average Bonchev–Trinajstić information content (AvgIpc) is 2.26. The molecule has 3 N–H and O–H groups in total. The largest absolute Gasteiger partial charge is 0.370 e. The van der Waals surface area contributed by atoms with Gasteiger partial charge in [-0.3, -0.25) is 4.99 Å². The monoisotopic (exact) mass is 213 g/mol. The van der Waals surface area contributed by atoms with Crippen molar-refractivity contribution in [2.45, 2.75) is 52.9 Å². The van der Waals surface area contributed by atoms with Gasteiger partial charge >= 0.3 is 0 Å². The summed E-state index contributed by atoms with van der Waals surface area (Å²) in [6, 6.07) is 0. The van der Waals surface area contributed by atoms with Crippen LogP contribution in [0.2, 0.25) is 0 Å². The van der Waals surface area contributed by atoms with Crippen LogP contribution in [0.5, 0.6) is 0 Å². The summed E-state index contributed by atoms with van der Waals surface area (Å²) in [5.74, 6) is 1.30. The highest BCUT2D eigenvalue weighted by Crippen LogP contribution is 2.12. The van der Waals surface area contributed by atoms with E-state index in [2.05, 4.69) is 31.1 Å². The van der Waals surface area contributed by atoms with Crippen molar-refractivity contribution in [2.75, 3.05) is 13.1 Å². The molecular weight excluding hydrogens is 186 g/mol. The normalized spacial score (nSPS) is 13.9. The molecule has 0 saturated carbocycles. The number of rotatable bonds is 8. The van der Waals surface area contributed by atoms with E-state index in [-0.39, 0.29) is 0 Å². The van der Waals surface area contributed by atoms with Crippen LogP contribution in [-0.2, 0) is 0 Å². The topological polar surface area (TPSA) is 50.4 Å². The zero-order chi connectivity index (χ0) is 11.5. The lowest BCUT2D eigenvalue weighted by atomic mass is 10.00. The van der Waals surface area contributed by atoms with Crippen LogP contribution >= 0.6 is 0 Å². The lowest BCUT2D eigenvalue weighted by Crippen LogP contribution is -2.32. The van der Waals surface area contributed by atoms with Crippen LogP contribution in [0.4, 0.5) is 0 Å². The van der Waals surface area contributed by atoms with E-state index in [1.165, 1.54) is 25.7 Å². The van der Waals surface area contributed by atoms with Crippen LogP contribution < -0.4 is 11.1 Å². The maximum absolute atomic E-state index is 5.73. The van der Waals surface area contributed by atoms with Crippen molar-refractivity contribution < 1.29 is 0 Å². The van der Waals surface area contributed by atoms with E-state index in [1.807, 2.05) is 0 Å². The number of unbranched alkanes of at least 4 members (excludes halogenated alkanes) is 1. The Morgan fingerprint density at radius 1 is 1.27 bits per heavy atom. The number of hydrogen-bond acceptors (Lipinski definition) is 1. The van der Waals surface area contributed by atoms with Gasteiger partial charge in [0.15, 0.2) is 5.96 Å². The molecule has 0 heterocycles. The van der Waals surface area contributed by atoms with Gasteiger partial charge in [-0.2, -0.15) is 0 Å². The molecule has 3 nitrogen and oxygen atoms in total. The molecule has 0 saturated heterocycles. The second-order valence-electron chi connectivity index (χ2n) is 4.07. The van der Waals surface area contributed by atoms with Crippen LogP contribution in [0.3, 0.4) is 0 Å². The molecule has 0 amide bonds. The molecule has 0 spiro atoms. The second-order valence-corrected chi connectivity index (χ2v) is 4.07. The number of nitrogens with two attached hydrogens (primary N) is 1. The average molecular weight is 213 g/mol. The third kappa shape index (κ3) is 8.28. The highest BCUT2D eigenvalue weighted by atomic mass is 15.1. The third-order valence-corrected chi connectivity index (χ3v) is 2.62. The molecule has 1 atom stereocenters. The van der Waals surface area contributed by atoms with Gasteiger partial charge in [-0.15, -0.1) is 0 Å². The quantitative estimate of drug-likeness (QED) is 0.481. The first kappa shape index (κ1) is 14.3. The van der Waals surface area contributed by atoms with Crippen molar-refractivity contribution in [3.8, 4) is 0 Å². The Bertz CT molecular complexity index is 166. The Balaban J connectivity index is 3.75. The fourth-order valence-electron chi connectivity index (χ4n) is 1.45. The molecule has 0 fully saturated rings. The van der Waals surface area contributed by atoms with Gasteiger partial charge in [0.2, 0.25) is 0 Å². The molecule has 90 valence electrons. The van der Waals surface area contributed by atoms with E-state index in [0.717, 1.165) is 19.5 Å². The smallest absolute Gasteiger partial charge is 0.188 e. The van der Waals surface area contributed by atoms with Gasteiger partial charge in [0, 0.05) is 13.1 Å². The Hall–Kier alpha value is -0.730. The van der Waals surface area contributed by atoms with Crippen molar-refractivity contribution >= 4 is 5.96 Å². The molecule has 0 aromatic heterocycles. The van der Waals surface area contributed by atoms with Gasteiger partial charge in [-0.25, -0.2) is 0 Å². The fourth-order valence-corrected chi connectivity index (χ4v) is 1.45. The van der Waals surface area contributed by atoms with Crippen molar-refractivity contribution in [3.05, 3.63) is 0 Å². The van der Waals surface area contributed by atoms with E-state index in [9.17, 15) is 0 Å². The Kier molecular flexibility index (Phi) is 9.33. The summed E-state index contributed by atoms with van der Waals surface area (Å²) < 4.78 is 0. The maximum Gasteiger partial charge on any atom is 0.188 e. The van der Waals surface area contributed by atoms with Gasteiger partial charge in [-0.1, -0.05) is 40.0 Å². The number of nitrogens with one attached hydrogen (secondary N) is 1. The van der Waals surface area contributed by atoms with Crippen LogP contribution in [0.25, 0.3) is 0 Å². The summed E-state index contributed by atoms with van der Waals surface area (Å²) in [4.78, 5) is 4.37. The van der Waals surface area contributed by atoms with Gasteiger partial charge in [0.1, 0.15) is 0 Å². The lowest BCUT2D eigenvalue weighted by Gasteiger charge is -2.12. The number of aliphatic imine (C=N–C) groups is 1. The third-order valence-electron chi connectivity index (χ3n) is 2.62. The molecule has 15 heavy (non-hydrogen) atoms. The molecule has 0 bridgehead atoms. The summed E-state index contributed by atoms with van der Waals surface area (Å²) in [6.45, 7) is 8.37. The minimum atomic E-state index is 0.604. The molecule has 1 unspecified atom stereocenters. The minimum Gasteiger partial charge on any atom is -0.370 e. The second kappa shape index (κ2) is 9.81. The lowest BCUT2D eigenvalue weighted by molar-refractivity contribution is 0.462. The Morgan fingerprint density at radius 3 is 2.53 bits per heavy atom. The van der Waals surface area contributed by atoms with Crippen LogP contribution in [0.15, 0.2) is 4.99 Å². The first-order chi connectivity index (χ1) is 7.24. The summed E-state index contributed by atoms with van der Waals surface area (Å²) in [7, 11) is 0. The summed E-state index contributed by atoms with van der Waals surface area (Å²) in [5.41, 5.74) is 5.73. The van der Waals surface area contributed by atoms with Crippen molar-refractivity contribution in [1.29, 1.82) is 0 Å². The van der Waals surface area contributed by atoms with Gasteiger partial charge in [-0.05, 0) is 18.8 Å². The highest BCUT2D eigenvalue weighted by Gasteiger charge is 2.04. The summed E-state index contributed by atoms with van der Waals surface area (Å²) >= 11 is 0. The number of nitrogens with zero attached hydrogens (tertiary/aromatic N) is 1. The molecule has 3 heteroatoms. The standard InChI is InChI=1S/C12H27N3/c1-4-7-8-11(6-3)10-15-12(13)14-9-5-2/h11H,4-10H2,1-3H3,(H3,13,14,15). The van der Waals surface area contributed by atoms with Gasteiger partial charge in [0.05, 0.1) is 0 Å². The summed E-state index contributed by atoms with van der Waals surface area (Å²) in [5, 5.41) is 3.10. The van der Waals surface area contributed by atoms with Crippen LogP contribution in [-0.4, -0.2) is 19.0 Å². The predicted molar refractivity (Wildman–Crippen MR) is 68.1 cm³/mol. The highest BCUT2D eigenvalue weighted by molar-refractivity contribution is 5.77. The molecule has 0 aliphatic heterocycles. The molecule has 0 aromatic rings. The zero-order valence-corrected chi connectivity index (χ0v) is 10.6. The Morgan fingerprint density at radius 2 is 2.00 bits per heavy atom. The molecular formula is C12H27N3. The van der Waals surface area contributed by atoms with Crippen LogP contribution in [0.1, 0.15) is 52.9 Å². The minimum absolute atomic E-state index is 0.604. The van der Waals surface area contributed by atoms with E-state index in [1.54, 1.807) is 0 Å². The van der Waals surface area contributed by atoms with Crippen molar-refractivity contribution in [3.63, 3.8) is 0 Å². The van der Waals surface area contributed by atoms with Crippen LogP contribution in [0, 0.1) is 5.92 Å². The van der Waals surface area contributed by atoms with Gasteiger partial charge < -0.3 is 11.1 Å². The van der Waals surface area contributed by atoms with E-state index in [4.69, 9.17) is 5.73 Å². The molecule has 0 aliphatic carbocycles. The first-order valence-electron chi connectivity index (χ1n) is 6.28. The van der Waals surface area contributed by atoms with Crippen molar-refractivity contribution in [1.82, 2.24) is 5.32 Å². The molecule has 0 aliphatic rings. The van der Waals surface area contributed by atoms with Crippen molar-refractivity contribution in [2.24, 2.45) is 16.6 Å². The predicted octanol–water partition coefficient (Wildman–Crippen LogP) is 2.52.